The number of fused-ring (bicyclic) bond motifs is 1. The van der Waals surface area contributed by atoms with Crippen LogP contribution in [0, 0.1) is 18.3 Å². The highest BCUT2D eigenvalue weighted by molar-refractivity contribution is 7.12. The molecule has 23 heavy (non-hydrogen) atoms. The Hall–Kier alpha value is -2.91. The first-order valence-electron chi connectivity index (χ1n) is 6.86. The highest BCUT2D eigenvalue weighted by Gasteiger charge is 2.15. The Labute approximate surface area is 137 Å². The monoisotopic (exact) mass is 323 g/mol. The zero-order valence-electron chi connectivity index (χ0n) is 12.6. The van der Waals surface area contributed by atoms with Crippen molar-refractivity contribution in [2.24, 2.45) is 0 Å². The maximum Gasteiger partial charge on any atom is 0.265 e. The van der Waals surface area contributed by atoms with E-state index in [2.05, 4.69) is 10.3 Å². The molecular formula is C17H13N3O2S. The average molecular weight is 323 g/mol. The Morgan fingerprint density at radius 2 is 2.26 bits per heavy atom. The van der Waals surface area contributed by atoms with Crippen molar-refractivity contribution in [1.29, 1.82) is 5.26 Å². The lowest BCUT2D eigenvalue weighted by atomic mass is 10.1. The second-order valence-corrected chi connectivity index (χ2v) is 5.85. The number of hydrogen-bond donors (Lipinski definition) is 1. The standard InChI is InChI=1S/C17H13N3O2S/c1-10-8-19-16-12(4-3-5-13(16)22-2)15(10)20-17(21)14-6-11(7-18)9-23-14/h3-6,8-9H,1-2H3,(H,19,20,21). The number of methoxy groups -OCH3 is 1. The number of nitrogens with one attached hydrogen (secondary N) is 1. The molecule has 6 heteroatoms. The smallest absolute Gasteiger partial charge is 0.265 e. The maximum atomic E-state index is 12.4. The lowest BCUT2D eigenvalue weighted by Gasteiger charge is -2.12. The van der Waals surface area contributed by atoms with Gasteiger partial charge in [-0.05, 0) is 24.6 Å². The summed E-state index contributed by atoms with van der Waals surface area (Å²) in [6.45, 7) is 1.89. The van der Waals surface area contributed by atoms with Crippen molar-refractivity contribution in [3.05, 3.63) is 51.8 Å². The largest absolute Gasteiger partial charge is 0.494 e. The average Bonchev–Trinajstić information content (AvgIpc) is 3.06. The Morgan fingerprint density at radius 1 is 1.43 bits per heavy atom. The van der Waals surface area contributed by atoms with Crippen LogP contribution in [0.1, 0.15) is 20.8 Å². The van der Waals surface area contributed by atoms with Gasteiger partial charge in [0.2, 0.25) is 0 Å². The molecule has 5 nitrogen and oxygen atoms in total. The van der Waals surface area contributed by atoms with Gasteiger partial charge >= 0.3 is 0 Å². The van der Waals surface area contributed by atoms with Gasteiger partial charge in [0, 0.05) is 17.0 Å². The van der Waals surface area contributed by atoms with E-state index in [0.29, 0.717) is 27.4 Å². The van der Waals surface area contributed by atoms with Gasteiger partial charge in [-0.2, -0.15) is 5.26 Å². The van der Waals surface area contributed by atoms with Crippen LogP contribution in [0.5, 0.6) is 5.75 Å². The fourth-order valence-corrected chi connectivity index (χ4v) is 3.04. The van der Waals surface area contributed by atoms with Crippen LogP contribution in [0.3, 0.4) is 0 Å². The van der Waals surface area contributed by atoms with Crippen molar-refractivity contribution in [2.45, 2.75) is 6.92 Å². The number of rotatable bonds is 3. The van der Waals surface area contributed by atoms with E-state index in [1.54, 1.807) is 24.8 Å². The molecule has 2 heterocycles. The third-order valence-electron chi connectivity index (χ3n) is 3.46. The van der Waals surface area contributed by atoms with E-state index >= 15 is 0 Å². The number of ether oxygens (including phenoxy) is 1. The summed E-state index contributed by atoms with van der Waals surface area (Å²) in [4.78, 5) is 17.3. The van der Waals surface area contributed by atoms with Gasteiger partial charge < -0.3 is 10.1 Å². The predicted molar refractivity (Wildman–Crippen MR) is 90.0 cm³/mol. The van der Waals surface area contributed by atoms with E-state index < -0.39 is 0 Å². The molecule has 1 amide bonds. The van der Waals surface area contributed by atoms with Crippen LogP contribution in [0.2, 0.25) is 0 Å². The van der Waals surface area contributed by atoms with Crippen molar-refractivity contribution in [2.75, 3.05) is 12.4 Å². The van der Waals surface area contributed by atoms with Crippen molar-refractivity contribution in [3.63, 3.8) is 0 Å². The number of nitrogens with zero attached hydrogens (tertiary/aromatic N) is 2. The highest BCUT2D eigenvalue weighted by Crippen LogP contribution is 2.31. The van der Waals surface area contributed by atoms with E-state index in [1.807, 2.05) is 31.2 Å². The Bertz CT molecular complexity index is 941. The lowest BCUT2D eigenvalue weighted by molar-refractivity contribution is 0.103. The van der Waals surface area contributed by atoms with E-state index in [0.717, 1.165) is 10.9 Å². The first-order chi connectivity index (χ1) is 11.1. The SMILES string of the molecule is COc1cccc2c(NC(=O)c3cc(C#N)cs3)c(C)cnc12. The van der Waals surface area contributed by atoms with E-state index in [-0.39, 0.29) is 5.91 Å². The summed E-state index contributed by atoms with van der Waals surface area (Å²) in [7, 11) is 1.59. The van der Waals surface area contributed by atoms with Gasteiger partial charge in [0.1, 0.15) is 17.3 Å². The minimum atomic E-state index is -0.241. The van der Waals surface area contributed by atoms with Gasteiger partial charge in [-0.15, -0.1) is 11.3 Å². The van der Waals surface area contributed by atoms with Gasteiger partial charge in [0.25, 0.3) is 5.91 Å². The van der Waals surface area contributed by atoms with Crippen LogP contribution in [-0.2, 0) is 0 Å². The molecule has 0 aliphatic rings. The topological polar surface area (TPSA) is 75.0 Å². The first-order valence-corrected chi connectivity index (χ1v) is 7.74. The molecule has 0 saturated carbocycles. The highest BCUT2D eigenvalue weighted by atomic mass is 32.1. The van der Waals surface area contributed by atoms with Gasteiger partial charge in [0.15, 0.2) is 0 Å². The fraction of sp³-hybridized carbons (Fsp3) is 0.118. The molecule has 1 N–H and O–H groups in total. The predicted octanol–water partition coefficient (Wildman–Crippen LogP) is 3.74. The normalized spacial score (nSPS) is 10.3. The van der Waals surface area contributed by atoms with Gasteiger partial charge in [-0.1, -0.05) is 12.1 Å². The lowest BCUT2D eigenvalue weighted by Crippen LogP contribution is -2.12. The van der Waals surface area contributed by atoms with Gasteiger partial charge in [-0.25, -0.2) is 0 Å². The summed E-state index contributed by atoms with van der Waals surface area (Å²) >= 11 is 1.25. The molecule has 0 fully saturated rings. The number of anilines is 1. The number of carbonyl (C=O) groups excluding carboxylic acids is 1. The summed E-state index contributed by atoms with van der Waals surface area (Å²) in [5.41, 5.74) is 2.74. The number of aryl methyl sites for hydroxylation is 1. The quantitative estimate of drug-likeness (QED) is 0.797. The molecule has 1 aromatic carbocycles. The Kier molecular flexibility index (Phi) is 3.96. The molecular weight excluding hydrogens is 310 g/mol. The summed E-state index contributed by atoms with van der Waals surface area (Å²) < 4.78 is 5.32. The number of aromatic nitrogens is 1. The van der Waals surface area contributed by atoms with Crippen LogP contribution in [0.15, 0.2) is 35.8 Å². The molecule has 0 unspecified atom stereocenters. The van der Waals surface area contributed by atoms with Crippen LogP contribution in [-0.4, -0.2) is 18.0 Å². The number of benzene rings is 1. The van der Waals surface area contributed by atoms with E-state index in [9.17, 15) is 4.79 Å². The van der Waals surface area contributed by atoms with Gasteiger partial charge in [-0.3, -0.25) is 9.78 Å². The summed E-state index contributed by atoms with van der Waals surface area (Å²) in [5, 5.41) is 14.3. The number of nitriles is 1. The van der Waals surface area contributed by atoms with E-state index in [1.165, 1.54) is 11.3 Å². The molecule has 0 radical (unpaired) electrons. The van der Waals surface area contributed by atoms with Crippen molar-refractivity contribution >= 4 is 33.8 Å². The van der Waals surface area contributed by atoms with Crippen LogP contribution < -0.4 is 10.1 Å². The Morgan fingerprint density at radius 3 is 2.96 bits per heavy atom. The fourth-order valence-electron chi connectivity index (χ4n) is 2.32. The third kappa shape index (κ3) is 2.74. The minimum absolute atomic E-state index is 0.241. The first kappa shape index (κ1) is 15.0. The molecule has 0 aliphatic heterocycles. The molecule has 0 aliphatic carbocycles. The zero-order valence-corrected chi connectivity index (χ0v) is 13.4. The van der Waals surface area contributed by atoms with Crippen LogP contribution in [0.25, 0.3) is 10.9 Å². The maximum absolute atomic E-state index is 12.4. The number of thiophene rings is 1. The number of pyridine rings is 1. The van der Waals surface area contributed by atoms with Crippen LogP contribution in [0.4, 0.5) is 5.69 Å². The molecule has 2 aromatic heterocycles. The molecule has 3 rings (SSSR count). The summed E-state index contributed by atoms with van der Waals surface area (Å²) in [5.74, 6) is 0.413. The second kappa shape index (κ2) is 6.07. The molecule has 0 spiro atoms. The summed E-state index contributed by atoms with van der Waals surface area (Å²) in [6, 6.07) is 9.19. The van der Waals surface area contributed by atoms with Gasteiger partial charge in [0.05, 0.1) is 23.2 Å². The van der Waals surface area contributed by atoms with Crippen molar-refractivity contribution < 1.29 is 9.53 Å². The molecule has 0 bridgehead atoms. The molecule has 0 atom stereocenters. The zero-order chi connectivity index (χ0) is 16.4. The molecule has 0 saturated heterocycles. The summed E-state index contributed by atoms with van der Waals surface area (Å²) in [6.07, 6.45) is 1.70. The minimum Gasteiger partial charge on any atom is -0.494 e. The second-order valence-electron chi connectivity index (χ2n) is 4.94. The number of amides is 1. The number of para-hydroxylation sites is 1. The van der Waals surface area contributed by atoms with Crippen LogP contribution >= 0.6 is 11.3 Å². The number of carbonyl (C=O) groups is 1. The molecule has 3 aromatic rings. The van der Waals surface area contributed by atoms with Crippen molar-refractivity contribution in [3.8, 4) is 11.8 Å². The Balaban J connectivity index is 2.04. The van der Waals surface area contributed by atoms with E-state index in [4.69, 9.17) is 10.00 Å². The third-order valence-corrected chi connectivity index (χ3v) is 4.39. The molecule has 114 valence electrons. The van der Waals surface area contributed by atoms with Crippen molar-refractivity contribution in [1.82, 2.24) is 4.98 Å². The number of hydrogen-bond acceptors (Lipinski definition) is 5.